The lowest BCUT2D eigenvalue weighted by Gasteiger charge is -2.09. The molecular weight excluding hydrogens is 288 g/mol. The first-order valence-electron chi connectivity index (χ1n) is 6.76. The van der Waals surface area contributed by atoms with Gasteiger partial charge in [0.1, 0.15) is 5.01 Å². The molecule has 1 aromatic heterocycles. The smallest absolute Gasteiger partial charge is 0.306 e. The minimum atomic E-state index is -0.956. The normalized spacial score (nSPS) is 18.2. The Morgan fingerprint density at radius 1 is 1.62 bits per heavy atom. The summed E-state index contributed by atoms with van der Waals surface area (Å²) in [6, 6.07) is 1.92. The van der Waals surface area contributed by atoms with E-state index < -0.39 is 17.7 Å². The van der Waals surface area contributed by atoms with E-state index >= 15 is 0 Å². The molecule has 21 heavy (non-hydrogen) atoms. The molecule has 0 spiro atoms. The second kappa shape index (κ2) is 7.14. The first-order valence-corrected chi connectivity index (χ1v) is 7.64. The van der Waals surface area contributed by atoms with Crippen LogP contribution in [0.15, 0.2) is 17.5 Å². The number of rotatable bonds is 6. The summed E-state index contributed by atoms with van der Waals surface area (Å²) < 4.78 is 4.98. The molecule has 5 nitrogen and oxygen atoms in total. The monoisotopic (exact) mass is 304 g/mol. The SMILES string of the molecule is Cc1csc([C@H](C#N)C(=O)COC(=O)C[C@@H]2C=CCC2)n1. The van der Waals surface area contributed by atoms with Gasteiger partial charge in [-0.3, -0.25) is 9.59 Å². The number of hydrogen-bond donors (Lipinski definition) is 0. The topological polar surface area (TPSA) is 80.0 Å². The zero-order valence-corrected chi connectivity index (χ0v) is 12.6. The predicted octanol–water partition coefficient (Wildman–Crippen LogP) is 2.53. The number of thiazole rings is 1. The van der Waals surface area contributed by atoms with Gasteiger partial charge in [-0.15, -0.1) is 11.3 Å². The van der Waals surface area contributed by atoms with Crippen LogP contribution in [-0.4, -0.2) is 23.3 Å². The number of allylic oxidation sites excluding steroid dienone is 2. The number of Topliss-reactive ketones (excluding diaryl/α,β-unsaturated/α-hetero) is 1. The van der Waals surface area contributed by atoms with Crippen LogP contribution >= 0.6 is 11.3 Å². The number of nitriles is 1. The molecule has 0 saturated carbocycles. The van der Waals surface area contributed by atoms with Crippen LogP contribution in [0.2, 0.25) is 0 Å². The summed E-state index contributed by atoms with van der Waals surface area (Å²) in [6.45, 7) is 1.43. The Hall–Kier alpha value is -2.00. The van der Waals surface area contributed by atoms with Gasteiger partial charge < -0.3 is 4.74 Å². The summed E-state index contributed by atoms with van der Waals surface area (Å²) in [4.78, 5) is 27.8. The average molecular weight is 304 g/mol. The quantitative estimate of drug-likeness (QED) is 0.596. The number of carbonyl (C=O) groups is 2. The van der Waals surface area contributed by atoms with E-state index in [0.29, 0.717) is 5.01 Å². The first kappa shape index (κ1) is 15.4. The van der Waals surface area contributed by atoms with Crippen molar-refractivity contribution in [1.29, 1.82) is 5.26 Å². The molecule has 2 atom stereocenters. The second-order valence-corrected chi connectivity index (χ2v) is 5.88. The number of ether oxygens (including phenoxy) is 1. The number of esters is 1. The zero-order valence-electron chi connectivity index (χ0n) is 11.7. The highest BCUT2D eigenvalue weighted by atomic mass is 32.1. The molecule has 0 aliphatic heterocycles. The van der Waals surface area contributed by atoms with Gasteiger partial charge in [0.15, 0.2) is 18.3 Å². The summed E-state index contributed by atoms with van der Waals surface area (Å²) in [5, 5.41) is 11.3. The fraction of sp³-hybridized carbons (Fsp3) is 0.467. The van der Waals surface area contributed by atoms with Crippen molar-refractivity contribution in [2.24, 2.45) is 5.92 Å². The van der Waals surface area contributed by atoms with E-state index in [-0.39, 0.29) is 18.9 Å². The van der Waals surface area contributed by atoms with Crippen molar-refractivity contribution in [2.45, 2.75) is 32.1 Å². The van der Waals surface area contributed by atoms with E-state index in [2.05, 4.69) is 4.98 Å². The number of carbonyl (C=O) groups excluding carboxylic acids is 2. The van der Waals surface area contributed by atoms with Crippen LogP contribution in [0.3, 0.4) is 0 Å². The average Bonchev–Trinajstić information content (AvgIpc) is 3.09. The van der Waals surface area contributed by atoms with Gasteiger partial charge >= 0.3 is 5.97 Å². The second-order valence-electron chi connectivity index (χ2n) is 4.99. The molecule has 1 aliphatic carbocycles. The van der Waals surface area contributed by atoms with E-state index in [9.17, 15) is 9.59 Å². The van der Waals surface area contributed by atoms with Gasteiger partial charge in [0.2, 0.25) is 0 Å². The lowest BCUT2D eigenvalue weighted by atomic mass is 10.1. The summed E-state index contributed by atoms with van der Waals surface area (Å²) in [5.74, 6) is -1.57. The molecular formula is C15H16N2O3S. The molecule has 0 amide bonds. The molecule has 0 fully saturated rings. The van der Waals surface area contributed by atoms with Crippen LogP contribution in [-0.2, 0) is 14.3 Å². The molecule has 0 saturated heterocycles. The molecule has 6 heteroatoms. The molecule has 0 aromatic carbocycles. The maximum absolute atomic E-state index is 12.0. The molecule has 1 aromatic rings. The highest BCUT2D eigenvalue weighted by Gasteiger charge is 2.25. The molecule has 110 valence electrons. The molecule has 0 radical (unpaired) electrons. The Kier molecular flexibility index (Phi) is 5.23. The zero-order chi connectivity index (χ0) is 15.2. The number of hydrogen-bond acceptors (Lipinski definition) is 6. The minimum absolute atomic E-state index is 0.209. The van der Waals surface area contributed by atoms with Crippen molar-refractivity contribution in [3.63, 3.8) is 0 Å². The highest BCUT2D eigenvalue weighted by Crippen LogP contribution is 2.22. The third kappa shape index (κ3) is 4.23. The molecule has 0 unspecified atom stereocenters. The fourth-order valence-corrected chi connectivity index (χ4v) is 3.00. The number of ketones is 1. The van der Waals surface area contributed by atoms with Gasteiger partial charge in [0.25, 0.3) is 0 Å². The number of aryl methyl sites for hydroxylation is 1. The maximum Gasteiger partial charge on any atom is 0.306 e. The Morgan fingerprint density at radius 2 is 2.43 bits per heavy atom. The van der Waals surface area contributed by atoms with Crippen LogP contribution < -0.4 is 0 Å². The van der Waals surface area contributed by atoms with Crippen molar-refractivity contribution >= 4 is 23.1 Å². The van der Waals surface area contributed by atoms with Crippen molar-refractivity contribution in [3.8, 4) is 6.07 Å². The summed E-state index contributed by atoms with van der Waals surface area (Å²) in [6.07, 6.45) is 6.26. The highest BCUT2D eigenvalue weighted by molar-refractivity contribution is 7.09. The van der Waals surface area contributed by atoms with Crippen LogP contribution in [0.25, 0.3) is 0 Å². The van der Waals surface area contributed by atoms with Gasteiger partial charge in [-0.2, -0.15) is 5.26 Å². The standard InChI is InChI=1S/C15H16N2O3S/c1-10-9-21-15(17-10)12(7-16)13(18)8-20-14(19)6-11-4-2-3-5-11/h2,4,9,11-12H,3,5-6,8H2,1H3/t11-,12-/m1/s1. The van der Waals surface area contributed by atoms with Crippen LogP contribution in [0, 0.1) is 24.2 Å². The lowest BCUT2D eigenvalue weighted by molar-refractivity contribution is -0.148. The van der Waals surface area contributed by atoms with Gasteiger partial charge in [-0.25, -0.2) is 4.98 Å². The Bertz CT molecular complexity index is 600. The van der Waals surface area contributed by atoms with E-state index in [4.69, 9.17) is 10.00 Å². The van der Waals surface area contributed by atoms with Crippen LogP contribution in [0.4, 0.5) is 0 Å². The lowest BCUT2D eigenvalue weighted by Crippen LogP contribution is -2.20. The van der Waals surface area contributed by atoms with Crippen LogP contribution in [0.1, 0.15) is 35.9 Å². The van der Waals surface area contributed by atoms with Crippen molar-refractivity contribution < 1.29 is 14.3 Å². The van der Waals surface area contributed by atoms with Crippen molar-refractivity contribution in [1.82, 2.24) is 4.98 Å². The fourth-order valence-electron chi connectivity index (χ4n) is 2.14. The molecule has 1 heterocycles. The Labute approximate surface area is 127 Å². The maximum atomic E-state index is 12.0. The van der Waals surface area contributed by atoms with Gasteiger partial charge in [-0.1, -0.05) is 12.2 Å². The Morgan fingerprint density at radius 3 is 3.00 bits per heavy atom. The van der Waals surface area contributed by atoms with Gasteiger partial charge in [0, 0.05) is 11.1 Å². The largest absolute Gasteiger partial charge is 0.458 e. The summed E-state index contributed by atoms with van der Waals surface area (Å²) >= 11 is 1.27. The predicted molar refractivity (Wildman–Crippen MR) is 77.7 cm³/mol. The summed E-state index contributed by atoms with van der Waals surface area (Å²) in [7, 11) is 0. The van der Waals surface area contributed by atoms with E-state index in [1.807, 2.05) is 18.2 Å². The summed E-state index contributed by atoms with van der Waals surface area (Å²) in [5.41, 5.74) is 0.771. The Balaban J connectivity index is 1.84. The van der Waals surface area contributed by atoms with E-state index in [1.165, 1.54) is 11.3 Å². The van der Waals surface area contributed by atoms with E-state index in [1.54, 1.807) is 12.3 Å². The van der Waals surface area contributed by atoms with Gasteiger partial charge in [0.05, 0.1) is 12.5 Å². The molecule has 2 rings (SSSR count). The first-order chi connectivity index (χ1) is 10.1. The molecule has 0 bridgehead atoms. The van der Waals surface area contributed by atoms with Crippen molar-refractivity contribution in [3.05, 3.63) is 28.2 Å². The van der Waals surface area contributed by atoms with E-state index in [0.717, 1.165) is 18.5 Å². The van der Waals surface area contributed by atoms with Gasteiger partial charge in [-0.05, 0) is 25.7 Å². The molecule has 1 aliphatic rings. The number of nitrogens with zero attached hydrogens (tertiary/aromatic N) is 2. The minimum Gasteiger partial charge on any atom is -0.458 e. The van der Waals surface area contributed by atoms with Crippen molar-refractivity contribution in [2.75, 3.05) is 6.61 Å². The number of aromatic nitrogens is 1. The van der Waals surface area contributed by atoms with Crippen LogP contribution in [0.5, 0.6) is 0 Å². The third-order valence-corrected chi connectivity index (χ3v) is 4.28. The third-order valence-electron chi connectivity index (χ3n) is 3.25. The molecule has 0 N–H and O–H groups in total.